The molecule has 1 unspecified atom stereocenters. The van der Waals surface area contributed by atoms with Gasteiger partial charge in [-0.1, -0.05) is 36.8 Å². The maximum atomic E-state index is 13.2. The number of rotatable bonds is 9. The largest absolute Gasteiger partial charge is 0.507 e. The lowest BCUT2D eigenvalue weighted by atomic mass is 9.95. The maximum Gasteiger partial charge on any atom is 0.301 e. The Balaban J connectivity index is 1.77. The Bertz CT molecular complexity index is 1230. The van der Waals surface area contributed by atoms with E-state index in [9.17, 15) is 14.7 Å². The number of aryl methyl sites for hydroxylation is 1. The standard InChI is InChI=1S/C26H27N3O5S/c1-4-6-15-34-20-13-9-18(10-14-20)23(30)21-22(17-7-11-19(12-8-17)33-5-2)29(25(32)24(21)31)26-28-27-16(3)35-26/h7-14,22,30H,4-6,15H2,1-3H3/b23-21+. The molecule has 0 aliphatic carbocycles. The second-order valence-electron chi connectivity index (χ2n) is 8.00. The van der Waals surface area contributed by atoms with Gasteiger partial charge in [0, 0.05) is 5.56 Å². The van der Waals surface area contributed by atoms with E-state index in [-0.39, 0.29) is 11.3 Å². The van der Waals surface area contributed by atoms with E-state index >= 15 is 0 Å². The number of amides is 1. The van der Waals surface area contributed by atoms with Crippen molar-refractivity contribution in [2.45, 2.75) is 39.7 Å². The molecule has 182 valence electrons. The van der Waals surface area contributed by atoms with Crippen LogP contribution in [0.5, 0.6) is 11.5 Å². The molecule has 1 fully saturated rings. The summed E-state index contributed by atoms with van der Waals surface area (Å²) in [5.41, 5.74) is 1.04. The fraction of sp³-hybridized carbons (Fsp3) is 0.308. The maximum absolute atomic E-state index is 13.2. The van der Waals surface area contributed by atoms with Gasteiger partial charge in [0.05, 0.1) is 24.8 Å². The van der Waals surface area contributed by atoms with E-state index in [1.807, 2.05) is 6.92 Å². The molecule has 4 rings (SSSR count). The molecular formula is C26H27N3O5S. The second-order valence-corrected chi connectivity index (χ2v) is 9.16. The molecular weight excluding hydrogens is 466 g/mol. The van der Waals surface area contributed by atoms with Crippen LogP contribution in [0.25, 0.3) is 5.76 Å². The summed E-state index contributed by atoms with van der Waals surface area (Å²) >= 11 is 1.21. The SMILES string of the molecule is CCCCOc1ccc(/C(O)=C2\C(=O)C(=O)N(c3nnc(C)s3)C2c2ccc(OCC)cc2)cc1. The molecule has 1 saturated heterocycles. The number of aliphatic hydroxyl groups is 1. The monoisotopic (exact) mass is 493 g/mol. The highest BCUT2D eigenvalue weighted by Gasteiger charge is 2.48. The number of nitrogens with zero attached hydrogens (tertiary/aromatic N) is 3. The number of benzene rings is 2. The second kappa shape index (κ2) is 10.7. The smallest absolute Gasteiger partial charge is 0.301 e. The number of aromatic nitrogens is 2. The number of hydrogen-bond donors (Lipinski definition) is 1. The van der Waals surface area contributed by atoms with Gasteiger partial charge in [0.1, 0.15) is 22.3 Å². The van der Waals surface area contributed by atoms with Gasteiger partial charge in [-0.2, -0.15) is 0 Å². The molecule has 1 aliphatic heterocycles. The van der Waals surface area contributed by atoms with Crippen molar-refractivity contribution in [3.8, 4) is 11.5 Å². The predicted octanol–water partition coefficient (Wildman–Crippen LogP) is 5.05. The Morgan fingerprint density at radius 2 is 1.66 bits per heavy atom. The fourth-order valence-corrected chi connectivity index (χ4v) is 4.55. The number of ether oxygens (including phenoxy) is 2. The molecule has 1 amide bonds. The number of unbranched alkanes of at least 4 members (excludes halogenated alkanes) is 1. The number of Topliss-reactive ketones (excluding diaryl/α,β-unsaturated/α-hetero) is 1. The Morgan fingerprint density at radius 3 is 2.26 bits per heavy atom. The Morgan fingerprint density at radius 1 is 1.00 bits per heavy atom. The van der Waals surface area contributed by atoms with Gasteiger partial charge >= 0.3 is 5.91 Å². The summed E-state index contributed by atoms with van der Waals surface area (Å²) in [6.07, 6.45) is 1.97. The summed E-state index contributed by atoms with van der Waals surface area (Å²) in [6.45, 7) is 6.87. The van der Waals surface area contributed by atoms with Crippen molar-refractivity contribution in [3.05, 3.63) is 70.2 Å². The zero-order valence-corrected chi connectivity index (χ0v) is 20.7. The van der Waals surface area contributed by atoms with Crippen molar-refractivity contribution in [3.63, 3.8) is 0 Å². The van der Waals surface area contributed by atoms with Crippen LogP contribution in [0.2, 0.25) is 0 Å². The number of ketones is 1. The van der Waals surface area contributed by atoms with Gasteiger partial charge in [0.25, 0.3) is 5.78 Å². The summed E-state index contributed by atoms with van der Waals surface area (Å²) in [4.78, 5) is 27.6. The average molecular weight is 494 g/mol. The van der Waals surface area contributed by atoms with E-state index in [1.165, 1.54) is 16.2 Å². The molecule has 0 spiro atoms. The van der Waals surface area contributed by atoms with Crippen molar-refractivity contribution in [2.75, 3.05) is 18.1 Å². The average Bonchev–Trinajstić information content (AvgIpc) is 3.40. The molecule has 2 heterocycles. The Labute approximate surface area is 207 Å². The number of carbonyl (C=O) groups excluding carboxylic acids is 2. The molecule has 35 heavy (non-hydrogen) atoms. The lowest BCUT2D eigenvalue weighted by molar-refractivity contribution is -0.132. The lowest BCUT2D eigenvalue weighted by Crippen LogP contribution is -2.29. The van der Waals surface area contributed by atoms with Gasteiger partial charge in [0.15, 0.2) is 0 Å². The summed E-state index contributed by atoms with van der Waals surface area (Å²) in [6, 6.07) is 13.1. The first-order valence-corrected chi connectivity index (χ1v) is 12.3. The molecule has 8 nitrogen and oxygen atoms in total. The summed E-state index contributed by atoms with van der Waals surface area (Å²) in [5, 5.41) is 20.3. The molecule has 1 aromatic heterocycles. The summed E-state index contributed by atoms with van der Waals surface area (Å²) in [5.74, 6) is -0.467. The molecule has 9 heteroatoms. The quantitative estimate of drug-likeness (QED) is 0.193. The van der Waals surface area contributed by atoms with E-state index in [4.69, 9.17) is 9.47 Å². The van der Waals surface area contributed by atoms with Gasteiger partial charge < -0.3 is 14.6 Å². The number of anilines is 1. The van der Waals surface area contributed by atoms with Crippen LogP contribution in [0.4, 0.5) is 5.13 Å². The highest BCUT2D eigenvalue weighted by molar-refractivity contribution is 7.15. The third kappa shape index (κ3) is 5.05. The number of carbonyl (C=O) groups is 2. The molecule has 0 radical (unpaired) electrons. The molecule has 1 atom stereocenters. The first-order chi connectivity index (χ1) is 16.9. The first-order valence-electron chi connectivity index (χ1n) is 11.5. The van der Waals surface area contributed by atoms with Gasteiger partial charge in [-0.05, 0) is 62.2 Å². The van der Waals surface area contributed by atoms with E-state index in [0.29, 0.717) is 46.0 Å². The zero-order chi connectivity index (χ0) is 24.9. The van der Waals surface area contributed by atoms with Crippen molar-refractivity contribution in [1.29, 1.82) is 0 Å². The first kappa shape index (κ1) is 24.4. The van der Waals surface area contributed by atoms with E-state index in [0.717, 1.165) is 12.8 Å². The van der Waals surface area contributed by atoms with Gasteiger partial charge in [-0.15, -0.1) is 10.2 Å². The van der Waals surface area contributed by atoms with Crippen LogP contribution in [0.3, 0.4) is 0 Å². The van der Waals surface area contributed by atoms with Crippen molar-refractivity contribution in [1.82, 2.24) is 10.2 Å². The Hall–Kier alpha value is -3.72. The van der Waals surface area contributed by atoms with Crippen LogP contribution in [0, 0.1) is 6.92 Å². The van der Waals surface area contributed by atoms with Crippen LogP contribution in [-0.4, -0.2) is 40.2 Å². The van der Waals surface area contributed by atoms with Crippen LogP contribution in [-0.2, 0) is 9.59 Å². The minimum absolute atomic E-state index is 0.00772. The third-order valence-electron chi connectivity index (χ3n) is 5.57. The predicted molar refractivity (Wildman–Crippen MR) is 134 cm³/mol. The Kier molecular flexibility index (Phi) is 7.45. The van der Waals surface area contributed by atoms with Gasteiger partial charge in [-0.25, -0.2) is 0 Å². The van der Waals surface area contributed by atoms with Crippen LogP contribution < -0.4 is 14.4 Å². The van der Waals surface area contributed by atoms with Crippen LogP contribution in [0.15, 0.2) is 54.1 Å². The molecule has 2 aromatic carbocycles. The van der Waals surface area contributed by atoms with Crippen LogP contribution >= 0.6 is 11.3 Å². The minimum atomic E-state index is -0.862. The summed E-state index contributed by atoms with van der Waals surface area (Å²) in [7, 11) is 0. The van der Waals surface area contributed by atoms with E-state index in [2.05, 4.69) is 17.1 Å². The zero-order valence-electron chi connectivity index (χ0n) is 19.9. The van der Waals surface area contributed by atoms with Crippen molar-refractivity contribution >= 4 is 33.9 Å². The highest BCUT2D eigenvalue weighted by atomic mass is 32.1. The minimum Gasteiger partial charge on any atom is -0.507 e. The van der Waals surface area contributed by atoms with Crippen LogP contribution in [0.1, 0.15) is 48.9 Å². The number of hydrogen-bond acceptors (Lipinski definition) is 8. The third-order valence-corrected chi connectivity index (χ3v) is 6.41. The molecule has 3 aromatic rings. The lowest BCUT2D eigenvalue weighted by Gasteiger charge is -2.22. The van der Waals surface area contributed by atoms with E-state index < -0.39 is 17.7 Å². The van der Waals surface area contributed by atoms with Gasteiger partial charge in [-0.3, -0.25) is 14.5 Å². The molecule has 1 aliphatic rings. The van der Waals surface area contributed by atoms with Gasteiger partial charge in [0.2, 0.25) is 5.13 Å². The molecule has 1 N–H and O–H groups in total. The topological polar surface area (TPSA) is 102 Å². The summed E-state index contributed by atoms with van der Waals surface area (Å²) < 4.78 is 11.2. The normalized spacial score (nSPS) is 17.1. The highest BCUT2D eigenvalue weighted by Crippen LogP contribution is 2.43. The molecule has 0 saturated carbocycles. The van der Waals surface area contributed by atoms with Crippen molar-refractivity contribution in [2.24, 2.45) is 0 Å². The number of aliphatic hydroxyl groups excluding tert-OH is 1. The van der Waals surface area contributed by atoms with Crippen molar-refractivity contribution < 1.29 is 24.2 Å². The fourth-order valence-electron chi connectivity index (χ4n) is 3.84. The van der Waals surface area contributed by atoms with E-state index in [1.54, 1.807) is 55.5 Å². The molecule has 0 bridgehead atoms.